The second kappa shape index (κ2) is 6.61. The van der Waals surface area contributed by atoms with Crippen LogP contribution in [0.4, 0.5) is 0 Å². The van der Waals surface area contributed by atoms with Gasteiger partial charge in [-0.2, -0.15) is 0 Å². The first-order valence-corrected chi connectivity index (χ1v) is 8.86. The Hall–Kier alpha value is -1.40. The molecule has 0 aromatic carbocycles. The Bertz CT molecular complexity index is 559. The second-order valence-corrected chi connectivity index (χ2v) is 6.88. The molecule has 1 amide bonds. The van der Waals surface area contributed by atoms with E-state index in [2.05, 4.69) is 9.88 Å². The van der Waals surface area contributed by atoms with E-state index in [0.29, 0.717) is 19.7 Å². The molecule has 2 saturated heterocycles. The van der Waals surface area contributed by atoms with Crippen LogP contribution in [0.15, 0.2) is 4.42 Å². The van der Waals surface area contributed by atoms with Crippen LogP contribution in [0.25, 0.3) is 0 Å². The number of carbonyl (C=O) groups is 1. The van der Waals surface area contributed by atoms with Gasteiger partial charge < -0.3 is 14.1 Å². The van der Waals surface area contributed by atoms with Gasteiger partial charge in [0.15, 0.2) is 5.89 Å². The zero-order chi connectivity index (χ0) is 15.6. The molecule has 1 atom stereocenters. The van der Waals surface area contributed by atoms with Crippen LogP contribution >= 0.6 is 0 Å². The van der Waals surface area contributed by atoms with Crippen LogP contribution in [0, 0.1) is 0 Å². The van der Waals surface area contributed by atoms with Gasteiger partial charge in [0.25, 0.3) is 0 Å². The van der Waals surface area contributed by atoms with Gasteiger partial charge in [-0.3, -0.25) is 9.69 Å². The summed E-state index contributed by atoms with van der Waals surface area (Å²) in [7, 11) is 0. The van der Waals surface area contributed by atoms with E-state index < -0.39 is 0 Å². The van der Waals surface area contributed by atoms with Gasteiger partial charge in [0.2, 0.25) is 5.91 Å². The fraction of sp³-hybridized carbons (Fsp3) is 0.765. The predicted octanol–water partition coefficient (Wildman–Crippen LogP) is 1.55. The lowest BCUT2D eigenvalue weighted by Crippen LogP contribution is -2.44. The van der Waals surface area contributed by atoms with E-state index in [1.165, 1.54) is 19.3 Å². The summed E-state index contributed by atoms with van der Waals surface area (Å²) in [5.41, 5.74) is 0.949. The van der Waals surface area contributed by atoms with Gasteiger partial charge in [0.05, 0.1) is 25.6 Å². The Kier molecular flexibility index (Phi) is 4.35. The molecule has 0 radical (unpaired) electrons. The molecule has 0 saturated carbocycles. The summed E-state index contributed by atoms with van der Waals surface area (Å²) in [6.07, 6.45) is 5.49. The number of aromatic nitrogens is 1. The summed E-state index contributed by atoms with van der Waals surface area (Å²) in [5.74, 6) is 2.29. The average molecular weight is 319 g/mol. The van der Waals surface area contributed by atoms with Crippen molar-refractivity contribution >= 4 is 5.91 Å². The third-order valence-electron chi connectivity index (χ3n) is 5.18. The Morgan fingerprint density at radius 1 is 1.22 bits per heavy atom. The third-order valence-corrected chi connectivity index (χ3v) is 5.18. The maximum absolute atomic E-state index is 12.5. The van der Waals surface area contributed by atoms with Crippen LogP contribution in [0.5, 0.6) is 0 Å². The highest BCUT2D eigenvalue weighted by molar-refractivity contribution is 5.78. The quantitative estimate of drug-likeness (QED) is 0.846. The van der Waals surface area contributed by atoms with Crippen LogP contribution in [0.2, 0.25) is 0 Å². The molecule has 0 N–H and O–H groups in total. The minimum Gasteiger partial charge on any atom is -0.445 e. The van der Waals surface area contributed by atoms with Crippen molar-refractivity contribution in [1.82, 2.24) is 14.8 Å². The van der Waals surface area contributed by atoms with Crippen molar-refractivity contribution in [3.8, 4) is 0 Å². The molecule has 1 aromatic rings. The Balaban J connectivity index is 1.38. The lowest BCUT2D eigenvalue weighted by Gasteiger charge is -2.30. The van der Waals surface area contributed by atoms with Crippen LogP contribution < -0.4 is 0 Å². The van der Waals surface area contributed by atoms with Crippen molar-refractivity contribution in [2.75, 3.05) is 39.4 Å². The molecule has 0 bridgehead atoms. The van der Waals surface area contributed by atoms with E-state index >= 15 is 0 Å². The highest BCUT2D eigenvalue weighted by Crippen LogP contribution is 2.28. The van der Waals surface area contributed by atoms with Gasteiger partial charge in [-0.25, -0.2) is 4.98 Å². The van der Waals surface area contributed by atoms with Crippen molar-refractivity contribution in [3.05, 3.63) is 17.3 Å². The van der Waals surface area contributed by atoms with E-state index in [9.17, 15) is 4.79 Å². The fourth-order valence-electron chi connectivity index (χ4n) is 3.74. The molecule has 3 aliphatic heterocycles. The van der Waals surface area contributed by atoms with Crippen molar-refractivity contribution in [3.63, 3.8) is 0 Å². The molecular weight excluding hydrogens is 294 g/mol. The number of nitrogens with zero attached hydrogens (tertiary/aromatic N) is 3. The minimum atomic E-state index is 0.228. The van der Waals surface area contributed by atoms with Crippen LogP contribution in [-0.2, 0) is 22.5 Å². The van der Waals surface area contributed by atoms with E-state index in [4.69, 9.17) is 9.15 Å². The molecule has 1 aromatic heterocycles. The van der Waals surface area contributed by atoms with Gasteiger partial charge in [-0.05, 0) is 32.4 Å². The lowest BCUT2D eigenvalue weighted by atomic mass is 10.1. The third kappa shape index (κ3) is 3.28. The van der Waals surface area contributed by atoms with E-state index in [1.54, 1.807) is 0 Å². The molecule has 0 aliphatic carbocycles. The van der Waals surface area contributed by atoms with E-state index in [1.807, 2.05) is 4.90 Å². The van der Waals surface area contributed by atoms with Crippen molar-refractivity contribution in [1.29, 1.82) is 0 Å². The molecule has 6 heteroatoms. The van der Waals surface area contributed by atoms with Gasteiger partial charge in [-0.1, -0.05) is 6.42 Å². The molecule has 1 unspecified atom stereocenters. The molecule has 126 valence electrons. The molecule has 4 rings (SSSR count). The summed E-state index contributed by atoms with van der Waals surface area (Å²) in [5, 5.41) is 0. The maximum atomic E-state index is 12.5. The largest absolute Gasteiger partial charge is 0.445 e. The zero-order valence-electron chi connectivity index (χ0n) is 13.6. The van der Waals surface area contributed by atoms with Crippen LogP contribution in [0.1, 0.15) is 48.9 Å². The van der Waals surface area contributed by atoms with Crippen molar-refractivity contribution in [2.45, 2.75) is 44.6 Å². The summed E-state index contributed by atoms with van der Waals surface area (Å²) < 4.78 is 11.3. The number of piperidine rings is 1. The van der Waals surface area contributed by atoms with Crippen molar-refractivity contribution in [2.24, 2.45) is 0 Å². The molecule has 3 aliphatic rings. The first-order valence-electron chi connectivity index (χ1n) is 8.86. The summed E-state index contributed by atoms with van der Waals surface area (Å²) >= 11 is 0. The fourth-order valence-corrected chi connectivity index (χ4v) is 3.74. The van der Waals surface area contributed by atoms with E-state index in [-0.39, 0.29) is 11.8 Å². The van der Waals surface area contributed by atoms with Gasteiger partial charge in [0, 0.05) is 19.6 Å². The first-order chi connectivity index (χ1) is 11.3. The Morgan fingerprint density at radius 2 is 2.09 bits per heavy atom. The number of fused-ring (bicyclic) bond motifs is 1. The number of ether oxygens (including phenoxy) is 1. The number of oxazole rings is 1. The highest BCUT2D eigenvalue weighted by Gasteiger charge is 2.30. The average Bonchev–Trinajstić information content (AvgIpc) is 3.24. The molecule has 0 spiro atoms. The molecule has 6 nitrogen and oxygen atoms in total. The normalized spacial score (nSPS) is 25.6. The standard InChI is InChI=1S/C17H25N3O3/c21-16(11-19-6-2-1-3-7-19)20-8-4-15-14(10-20)18-17(23-15)13-5-9-22-12-13/h13H,1-12H2. The minimum absolute atomic E-state index is 0.228. The first kappa shape index (κ1) is 15.1. The number of likely N-dealkylation sites (tertiary alicyclic amines) is 1. The number of carbonyl (C=O) groups excluding carboxylic acids is 1. The van der Waals surface area contributed by atoms with Gasteiger partial charge in [0.1, 0.15) is 11.5 Å². The number of rotatable bonds is 3. The molecule has 4 heterocycles. The summed E-state index contributed by atoms with van der Waals surface area (Å²) in [6, 6.07) is 0. The monoisotopic (exact) mass is 319 g/mol. The number of hydrogen-bond donors (Lipinski definition) is 0. The Labute approximate surface area is 136 Å². The smallest absolute Gasteiger partial charge is 0.237 e. The van der Waals surface area contributed by atoms with Crippen molar-refractivity contribution < 1.29 is 13.9 Å². The molecule has 23 heavy (non-hydrogen) atoms. The predicted molar refractivity (Wildman–Crippen MR) is 84.1 cm³/mol. The van der Waals surface area contributed by atoms with E-state index in [0.717, 1.165) is 56.4 Å². The summed E-state index contributed by atoms with van der Waals surface area (Å²) in [4.78, 5) is 21.4. The topological polar surface area (TPSA) is 58.8 Å². The SMILES string of the molecule is O=C(CN1CCCCC1)N1CCc2oc(C3CCOC3)nc2C1. The summed E-state index contributed by atoms with van der Waals surface area (Å²) in [6.45, 7) is 5.50. The van der Waals surface area contributed by atoms with Gasteiger partial charge in [-0.15, -0.1) is 0 Å². The second-order valence-electron chi connectivity index (χ2n) is 6.88. The lowest BCUT2D eigenvalue weighted by molar-refractivity contribution is -0.133. The highest BCUT2D eigenvalue weighted by atomic mass is 16.5. The van der Waals surface area contributed by atoms with Crippen LogP contribution in [0.3, 0.4) is 0 Å². The maximum Gasteiger partial charge on any atom is 0.237 e. The molecular formula is C17H25N3O3. The molecule has 2 fully saturated rings. The van der Waals surface area contributed by atoms with Gasteiger partial charge >= 0.3 is 0 Å². The van der Waals surface area contributed by atoms with Crippen LogP contribution in [-0.4, -0.2) is 60.1 Å². The zero-order valence-corrected chi connectivity index (χ0v) is 13.6. The number of hydrogen-bond acceptors (Lipinski definition) is 5. The Morgan fingerprint density at radius 3 is 2.87 bits per heavy atom. The number of amides is 1.